The van der Waals surface area contributed by atoms with E-state index in [0.717, 1.165) is 25.5 Å². The van der Waals surface area contributed by atoms with E-state index in [1.807, 2.05) is 6.07 Å². The SMILES string of the molecule is COc1ccccc1CNC1CC2CC3COCC2N3C1C(c1ccccc1)c1ccccc1. The molecule has 3 aliphatic rings. The van der Waals surface area contributed by atoms with Crippen LogP contribution in [-0.4, -0.2) is 49.4 Å². The Hall–Kier alpha value is -2.66. The Bertz CT molecular complexity index is 1050. The maximum Gasteiger partial charge on any atom is 0.123 e. The van der Waals surface area contributed by atoms with Gasteiger partial charge in [0.1, 0.15) is 5.75 Å². The number of hydrogen-bond acceptors (Lipinski definition) is 4. The van der Waals surface area contributed by atoms with E-state index in [1.54, 1.807) is 7.11 Å². The minimum Gasteiger partial charge on any atom is -0.496 e. The van der Waals surface area contributed by atoms with Crippen molar-refractivity contribution >= 4 is 0 Å². The third-order valence-electron chi connectivity index (χ3n) is 8.24. The first kappa shape index (κ1) is 21.8. The molecule has 4 heteroatoms. The van der Waals surface area contributed by atoms with E-state index >= 15 is 0 Å². The van der Waals surface area contributed by atoms with Crippen LogP contribution in [0.3, 0.4) is 0 Å². The van der Waals surface area contributed by atoms with Gasteiger partial charge in [-0.3, -0.25) is 4.90 Å². The fraction of sp³-hybridized carbons (Fsp3) is 0.400. The van der Waals surface area contributed by atoms with Gasteiger partial charge in [0, 0.05) is 42.2 Å². The fourth-order valence-corrected chi connectivity index (χ4v) is 6.84. The first-order valence-electron chi connectivity index (χ1n) is 12.6. The molecule has 0 saturated carbocycles. The second kappa shape index (κ2) is 9.53. The van der Waals surface area contributed by atoms with E-state index in [9.17, 15) is 0 Å². The third-order valence-corrected chi connectivity index (χ3v) is 8.24. The number of methoxy groups -OCH3 is 1. The van der Waals surface area contributed by atoms with E-state index in [2.05, 4.69) is 89.1 Å². The topological polar surface area (TPSA) is 33.7 Å². The highest BCUT2D eigenvalue weighted by atomic mass is 16.5. The molecule has 176 valence electrons. The zero-order chi connectivity index (χ0) is 22.9. The number of morpholine rings is 1. The lowest BCUT2D eigenvalue weighted by atomic mass is 9.75. The quantitative estimate of drug-likeness (QED) is 0.554. The molecule has 3 heterocycles. The van der Waals surface area contributed by atoms with Gasteiger partial charge in [-0.25, -0.2) is 0 Å². The Morgan fingerprint density at radius 1 is 0.882 bits per heavy atom. The van der Waals surface area contributed by atoms with Crippen molar-refractivity contribution in [3.63, 3.8) is 0 Å². The number of piperidine rings is 1. The van der Waals surface area contributed by atoms with Gasteiger partial charge in [0.05, 0.1) is 20.3 Å². The summed E-state index contributed by atoms with van der Waals surface area (Å²) in [7, 11) is 1.76. The molecule has 4 bridgehead atoms. The van der Waals surface area contributed by atoms with Crippen LogP contribution in [0.2, 0.25) is 0 Å². The summed E-state index contributed by atoms with van der Waals surface area (Å²) in [5.41, 5.74) is 4.01. The summed E-state index contributed by atoms with van der Waals surface area (Å²) in [6.45, 7) is 2.54. The van der Waals surface area contributed by atoms with Crippen molar-refractivity contribution in [2.45, 2.75) is 49.5 Å². The Balaban J connectivity index is 1.39. The van der Waals surface area contributed by atoms with Crippen LogP contribution >= 0.6 is 0 Å². The Morgan fingerprint density at radius 3 is 2.26 bits per heavy atom. The van der Waals surface area contributed by atoms with Crippen molar-refractivity contribution in [2.24, 2.45) is 5.92 Å². The maximum absolute atomic E-state index is 6.05. The van der Waals surface area contributed by atoms with Crippen LogP contribution in [0.4, 0.5) is 0 Å². The van der Waals surface area contributed by atoms with Crippen LogP contribution in [0.5, 0.6) is 5.75 Å². The van der Waals surface area contributed by atoms with Gasteiger partial charge in [0.2, 0.25) is 0 Å². The zero-order valence-electron chi connectivity index (χ0n) is 19.8. The van der Waals surface area contributed by atoms with Crippen LogP contribution in [0, 0.1) is 5.92 Å². The number of nitrogens with zero attached hydrogens (tertiary/aromatic N) is 1. The van der Waals surface area contributed by atoms with Gasteiger partial charge in [0.25, 0.3) is 0 Å². The monoisotopic (exact) mass is 454 g/mol. The molecule has 0 amide bonds. The Kier molecular flexibility index (Phi) is 6.13. The number of benzene rings is 3. The molecule has 0 aliphatic carbocycles. The van der Waals surface area contributed by atoms with Crippen LogP contribution in [0.25, 0.3) is 0 Å². The van der Waals surface area contributed by atoms with E-state index in [0.29, 0.717) is 36.0 Å². The molecule has 3 aromatic rings. The summed E-state index contributed by atoms with van der Waals surface area (Å²) in [6.07, 6.45) is 2.45. The lowest BCUT2D eigenvalue weighted by Crippen LogP contribution is -2.64. The van der Waals surface area contributed by atoms with Gasteiger partial charge in [-0.15, -0.1) is 0 Å². The summed E-state index contributed by atoms with van der Waals surface area (Å²) in [6, 6.07) is 32.4. The number of rotatable bonds is 7. The highest BCUT2D eigenvalue weighted by Crippen LogP contribution is 2.48. The zero-order valence-corrected chi connectivity index (χ0v) is 19.8. The summed E-state index contributed by atoms with van der Waals surface area (Å²) in [5.74, 6) is 1.96. The maximum atomic E-state index is 6.05. The molecule has 6 unspecified atom stereocenters. The second-order valence-corrected chi connectivity index (χ2v) is 10.0. The van der Waals surface area contributed by atoms with Crippen LogP contribution < -0.4 is 10.1 Å². The molecule has 3 aliphatic heterocycles. The van der Waals surface area contributed by atoms with E-state index in [4.69, 9.17) is 9.47 Å². The molecule has 3 aromatic carbocycles. The predicted octanol–water partition coefficient (Wildman–Crippen LogP) is 4.85. The summed E-state index contributed by atoms with van der Waals surface area (Å²) < 4.78 is 11.7. The molecule has 3 fully saturated rings. The molecular weight excluding hydrogens is 420 g/mol. The normalized spacial score (nSPS) is 29.8. The third kappa shape index (κ3) is 3.94. The molecule has 0 aromatic heterocycles. The number of ether oxygens (including phenoxy) is 2. The Morgan fingerprint density at radius 2 is 1.56 bits per heavy atom. The average Bonchev–Trinajstić information content (AvgIpc) is 3.02. The molecule has 4 nitrogen and oxygen atoms in total. The molecular formula is C30H34N2O2. The number of nitrogens with one attached hydrogen (secondary N) is 1. The van der Waals surface area contributed by atoms with Crippen molar-refractivity contribution in [1.29, 1.82) is 0 Å². The van der Waals surface area contributed by atoms with Crippen LogP contribution in [0.15, 0.2) is 84.9 Å². The first-order chi connectivity index (χ1) is 16.8. The van der Waals surface area contributed by atoms with Gasteiger partial charge in [0.15, 0.2) is 0 Å². The van der Waals surface area contributed by atoms with Gasteiger partial charge in [-0.2, -0.15) is 0 Å². The lowest BCUT2D eigenvalue weighted by molar-refractivity contribution is -0.0696. The van der Waals surface area contributed by atoms with Crippen LogP contribution in [0.1, 0.15) is 35.4 Å². The molecule has 1 N–H and O–H groups in total. The highest BCUT2D eigenvalue weighted by molar-refractivity contribution is 5.37. The number of hydrogen-bond donors (Lipinski definition) is 1. The van der Waals surface area contributed by atoms with E-state index in [1.165, 1.54) is 29.5 Å². The fourth-order valence-electron chi connectivity index (χ4n) is 6.84. The van der Waals surface area contributed by atoms with Gasteiger partial charge >= 0.3 is 0 Å². The van der Waals surface area contributed by atoms with Gasteiger partial charge in [-0.1, -0.05) is 78.9 Å². The standard InChI is InChI=1S/C30H34N2O2/c1-33-28-15-9-8-14-23(28)18-31-26-17-24-16-25-19-34-20-27(24)32(25)30(26)29(21-10-4-2-5-11-21)22-12-6-3-7-13-22/h2-15,24-27,29-31H,16-20H2,1H3. The van der Waals surface area contributed by atoms with Crippen molar-refractivity contribution in [1.82, 2.24) is 10.2 Å². The molecule has 3 saturated heterocycles. The lowest BCUT2D eigenvalue weighted by Gasteiger charge is -2.51. The molecule has 34 heavy (non-hydrogen) atoms. The largest absolute Gasteiger partial charge is 0.496 e. The van der Waals surface area contributed by atoms with Crippen molar-refractivity contribution in [3.05, 3.63) is 102 Å². The first-order valence-corrected chi connectivity index (χ1v) is 12.6. The van der Waals surface area contributed by atoms with Gasteiger partial charge < -0.3 is 14.8 Å². The van der Waals surface area contributed by atoms with E-state index < -0.39 is 0 Å². The highest BCUT2D eigenvalue weighted by Gasteiger charge is 2.55. The summed E-state index contributed by atoms with van der Waals surface area (Å²) >= 11 is 0. The smallest absolute Gasteiger partial charge is 0.123 e. The van der Waals surface area contributed by atoms with E-state index in [-0.39, 0.29) is 0 Å². The summed E-state index contributed by atoms with van der Waals surface area (Å²) in [5, 5.41) is 4.01. The molecule has 6 atom stereocenters. The van der Waals surface area contributed by atoms with Crippen molar-refractivity contribution < 1.29 is 9.47 Å². The molecule has 0 radical (unpaired) electrons. The minimum absolute atomic E-state index is 0.305. The van der Waals surface area contributed by atoms with Crippen LogP contribution in [-0.2, 0) is 11.3 Å². The second-order valence-electron chi connectivity index (χ2n) is 10.0. The van der Waals surface area contributed by atoms with Crippen molar-refractivity contribution in [3.8, 4) is 5.75 Å². The van der Waals surface area contributed by atoms with Crippen molar-refractivity contribution in [2.75, 3.05) is 20.3 Å². The average molecular weight is 455 g/mol. The minimum atomic E-state index is 0.305. The number of para-hydroxylation sites is 1. The summed E-state index contributed by atoms with van der Waals surface area (Å²) in [4.78, 5) is 2.85. The Labute approximate surface area is 202 Å². The predicted molar refractivity (Wildman–Crippen MR) is 135 cm³/mol. The molecule has 0 spiro atoms. The molecule has 6 rings (SSSR count). The van der Waals surface area contributed by atoms with Gasteiger partial charge in [-0.05, 0) is 36.0 Å².